The minimum absolute atomic E-state index is 0.141. The average Bonchev–Trinajstić information content (AvgIpc) is 3.25. The number of rotatable bonds is 6. The number of fused-ring (bicyclic) bond motifs is 2. The summed E-state index contributed by atoms with van der Waals surface area (Å²) in [5.74, 6) is -0.0663. The molecule has 0 saturated heterocycles. The number of allylic oxidation sites excluding steroid dienone is 1. The lowest BCUT2D eigenvalue weighted by Gasteiger charge is -2.25. The van der Waals surface area contributed by atoms with Crippen LogP contribution < -0.4 is 19.6 Å². The van der Waals surface area contributed by atoms with Gasteiger partial charge in [0.2, 0.25) is 0 Å². The summed E-state index contributed by atoms with van der Waals surface area (Å²) in [7, 11) is 1.31. The number of para-hydroxylation sites is 1. The third-order valence-corrected chi connectivity index (χ3v) is 7.73. The molecule has 8 nitrogen and oxygen atoms in total. The Morgan fingerprint density at radius 3 is 2.55 bits per heavy atom. The van der Waals surface area contributed by atoms with E-state index in [0.717, 1.165) is 16.9 Å². The zero-order chi connectivity index (χ0) is 28.6. The number of methoxy groups -OCH3 is 1. The van der Waals surface area contributed by atoms with Gasteiger partial charge in [-0.2, -0.15) is 0 Å². The molecule has 2 aliphatic heterocycles. The van der Waals surface area contributed by atoms with E-state index in [1.165, 1.54) is 23.0 Å². The number of hydrogen-bond acceptors (Lipinski definition) is 8. The van der Waals surface area contributed by atoms with E-state index in [4.69, 9.17) is 14.2 Å². The number of benzene rings is 2. The zero-order valence-electron chi connectivity index (χ0n) is 23.0. The maximum absolute atomic E-state index is 14.0. The normalized spacial score (nSPS) is 18.4. The Bertz CT molecular complexity index is 1730. The van der Waals surface area contributed by atoms with E-state index in [1.54, 1.807) is 31.2 Å². The van der Waals surface area contributed by atoms with Crippen LogP contribution in [0.15, 0.2) is 75.2 Å². The van der Waals surface area contributed by atoms with E-state index in [1.807, 2.05) is 57.2 Å². The lowest BCUT2D eigenvalue weighted by atomic mass is 9.95. The SMILES string of the molecule is COC(=O)c1ccc(C2C(C(=O)OCC(C)C)=C(C)N=c3s/c(=C\C4=Cc5ccccc5OC4C)c(=O)n32)cc1. The van der Waals surface area contributed by atoms with Gasteiger partial charge in [-0.25, -0.2) is 14.6 Å². The fourth-order valence-electron chi connectivity index (χ4n) is 4.71. The Hall–Kier alpha value is -4.24. The number of carbonyl (C=O) groups is 2. The first kappa shape index (κ1) is 27.3. The lowest BCUT2D eigenvalue weighted by molar-refractivity contribution is -0.140. The molecule has 0 aliphatic carbocycles. The van der Waals surface area contributed by atoms with Crippen molar-refractivity contribution >= 4 is 35.4 Å². The van der Waals surface area contributed by atoms with Crippen molar-refractivity contribution in [3.63, 3.8) is 0 Å². The molecule has 2 aromatic carbocycles. The average molecular weight is 559 g/mol. The van der Waals surface area contributed by atoms with Crippen LogP contribution in [0, 0.1) is 5.92 Å². The van der Waals surface area contributed by atoms with Gasteiger partial charge in [-0.15, -0.1) is 0 Å². The van der Waals surface area contributed by atoms with Crippen molar-refractivity contribution in [3.8, 4) is 5.75 Å². The third kappa shape index (κ3) is 5.16. The minimum atomic E-state index is -0.778. The van der Waals surface area contributed by atoms with E-state index in [0.29, 0.717) is 26.2 Å². The van der Waals surface area contributed by atoms with Crippen LogP contribution >= 0.6 is 11.3 Å². The largest absolute Gasteiger partial charge is 0.485 e. The standard InChI is InChI=1S/C31H30N2O6S/c1-17(2)16-38-30(36)26-18(3)32-31-33(27(26)20-10-12-21(13-11-20)29(35)37-5)28(34)25(40-31)15-23-14-22-8-6-7-9-24(22)39-19(23)4/h6-15,17,19,27H,16H2,1-5H3/b25-15-. The van der Waals surface area contributed by atoms with Gasteiger partial charge in [-0.05, 0) is 61.3 Å². The van der Waals surface area contributed by atoms with Crippen molar-refractivity contribution in [3.05, 3.63) is 102 Å². The highest BCUT2D eigenvalue weighted by atomic mass is 32.1. The summed E-state index contributed by atoms with van der Waals surface area (Å²) in [6.45, 7) is 7.83. The Balaban J connectivity index is 1.65. The Morgan fingerprint density at radius 1 is 1.12 bits per heavy atom. The molecule has 2 atom stereocenters. The van der Waals surface area contributed by atoms with Crippen molar-refractivity contribution in [2.75, 3.05) is 13.7 Å². The highest BCUT2D eigenvalue weighted by molar-refractivity contribution is 7.07. The van der Waals surface area contributed by atoms with Crippen LogP contribution in [0.5, 0.6) is 5.75 Å². The van der Waals surface area contributed by atoms with Crippen molar-refractivity contribution < 1.29 is 23.8 Å². The molecule has 3 aromatic rings. The summed E-state index contributed by atoms with van der Waals surface area (Å²) in [6, 6.07) is 13.6. The van der Waals surface area contributed by atoms with E-state index < -0.39 is 18.0 Å². The van der Waals surface area contributed by atoms with Crippen LogP contribution in [0.4, 0.5) is 0 Å². The Kier molecular flexibility index (Phi) is 7.58. The second-order valence-electron chi connectivity index (χ2n) is 10.1. The number of hydrogen-bond donors (Lipinski definition) is 0. The molecule has 40 heavy (non-hydrogen) atoms. The number of nitrogens with zero attached hydrogens (tertiary/aromatic N) is 2. The van der Waals surface area contributed by atoms with E-state index >= 15 is 0 Å². The highest BCUT2D eigenvalue weighted by Crippen LogP contribution is 2.32. The van der Waals surface area contributed by atoms with Gasteiger partial charge in [0.05, 0.1) is 41.1 Å². The molecule has 0 amide bonds. The summed E-state index contributed by atoms with van der Waals surface area (Å²) >= 11 is 1.26. The molecule has 206 valence electrons. The molecule has 2 unspecified atom stereocenters. The van der Waals surface area contributed by atoms with Gasteiger partial charge < -0.3 is 14.2 Å². The van der Waals surface area contributed by atoms with Gasteiger partial charge in [0.1, 0.15) is 11.9 Å². The molecule has 5 rings (SSSR count). The lowest BCUT2D eigenvalue weighted by Crippen LogP contribution is -2.40. The molecule has 0 bridgehead atoms. The maximum atomic E-state index is 14.0. The number of thiazole rings is 1. The van der Waals surface area contributed by atoms with Crippen LogP contribution in [0.2, 0.25) is 0 Å². The third-order valence-electron chi connectivity index (χ3n) is 6.75. The summed E-state index contributed by atoms with van der Waals surface area (Å²) in [6.07, 6.45) is 3.60. The number of carbonyl (C=O) groups excluding carboxylic acids is 2. The molecule has 0 N–H and O–H groups in total. The van der Waals surface area contributed by atoms with Gasteiger partial charge in [0.25, 0.3) is 5.56 Å². The molecule has 0 saturated carbocycles. The van der Waals surface area contributed by atoms with Crippen LogP contribution in [-0.2, 0) is 14.3 Å². The summed E-state index contributed by atoms with van der Waals surface area (Å²) in [5, 5.41) is 0. The minimum Gasteiger partial charge on any atom is -0.485 e. The van der Waals surface area contributed by atoms with Crippen LogP contribution in [0.1, 0.15) is 55.2 Å². The quantitative estimate of drug-likeness (QED) is 0.424. The Labute approximate surface area is 235 Å². The van der Waals surface area contributed by atoms with Crippen LogP contribution in [0.25, 0.3) is 12.2 Å². The van der Waals surface area contributed by atoms with Gasteiger partial charge in [0.15, 0.2) is 4.80 Å². The molecular formula is C31H30N2O6S. The molecule has 1 aromatic heterocycles. The van der Waals surface area contributed by atoms with Crippen molar-refractivity contribution in [2.24, 2.45) is 10.9 Å². The monoisotopic (exact) mass is 558 g/mol. The predicted molar refractivity (Wildman–Crippen MR) is 153 cm³/mol. The molecular weight excluding hydrogens is 528 g/mol. The van der Waals surface area contributed by atoms with Crippen LogP contribution in [0.3, 0.4) is 0 Å². The van der Waals surface area contributed by atoms with Gasteiger partial charge >= 0.3 is 11.9 Å². The zero-order valence-corrected chi connectivity index (χ0v) is 23.8. The predicted octanol–water partition coefficient (Wildman–Crippen LogP) is 4.04. The van der Waals surface area contributed by atoms with Gasteiger partial charge in [0, 0.05) is 5.56 Å². The second-order valence-corrected chi connectivity index (χ2v) is 11.1. The van der Waals surface area contributed by atoms with Crippen molar-refractivity contribution in [2.45, 2.75) is 39.8 Å². The van der Waals surface area contributed by atoms with Gasteiger partial charge in [-0.3, -0.25) is 9.36 Å². The first-order valence-electron chi connectivity index (χ1n) is 13.0. The first-order valence-corrected chi connectivity index (χ1v) is 13.8. The maximum Gasteiger partial charge on any atom is 0.338 e. The fraction of sp³-hybridized carbons (Fsp3) is 0.290. The smallest absolute Gasteiger partial charge is 0.338 e. The molecule has 0 radical (unpaired) electrons. The topological polar surface area (TPSA) is 96.2 Å². The number of esters is 2. The van der Waals surface area contributed by atoms with Gasteiger partial charge in [-0.1, -0.05) is 55.5 Å². The summed E-state index contributed by atoms with van der Waals surface area (Å²) in [4.78, 5) is 44.5. The van der Waals surface area contributed by atoms with E-state index in [2.05, 4.69) is 4.99 Å². The van der Waals surface area contributed by atoms with Crippen LogP contribution in [-0.4, -0.2) is 36.3 Å². The first-order chi connectivity index (χ1) is 19.2. The number of aromatic nitrogens is 1. The molecule has 3 heterocycles. The molecule has 9 heteroatoms. The van der Waals surface area contributed by atoms with E-state index in [-0.39, 0.29) is 29.8 Å². The fourth-order valence-corrected chi connectivity index (χ4v) is 5.76. The van der Waals surface area contributed by atoms with Crippen molar-refractivity contribution in [1.29, 1.82) is 0 Å². The highest BCUT2D eigenvalue weighted by Gasteiger charge is 2.34. The molecule has 0 spiro atoms. The summed E-state index contributed by atoms with van der Waals surface area (Å²) < 4.78 is 18.5. The molecule has 2 aliphatic rings. The van der Waals surface area contributed by atoms with E-state index in [9.17, 15) is 14.4 Å². The Morgan fingerprint density at radius 2 is 1.85 bits per heavy atom. The second kappa shape index (κ2) is 11.1. The summed E-state index contributed by atoms with van der Waals surface area (Å²) in [5.41, 5.74) is 3.29. The van der Waals surface area contributed by atoms with Crippen molar-refractivity contribution in [1.82, 2.24) is 4.57 Å². The molecule has 0 fully saturated rings. The number of ether oxygens (including phenoxy) is 3.